The first-order valence-corrected chi connectivity index (χ1v) is 5.35. The average Bonchev–Trinajstić information content (AvgIpc) is 2.21. The lowest BCUT2D eigenvalue weighted by Gasteiger charge is -2.15. The van der Waals surface area contributed by atoms with Crippen LogP contribution in [-0.4, -0.2) is 6.04 Å². The second-order valence-electron chi connectivity index (χ2n) is 3.78. The standard InChI is InChI=1S/C12H17F2N/c1-3-4-6-9(2)15-12-10(13)7-5-8-11(12)14/h5,7-9,15H,3-4,6H2,1-2H3. The fraction of sp³-hybridized carbons (Fsp3) is 0.500. The lowest BCUT2D eigenvalue weighted by molar-refractivity contribution is 0.575. The number of unbranched alkanes of at least 4 members (excludes halogenated alkanes) is 1. The molecular weight excluding hydrogens is 196 g/mol. The highest BCUT2D eigenvalue weighted by Gasteiger charge is 2.10. The van der Waals surface area contributed by atoms with Crippen molar-refractivity contribution in [3.8, 4) is 0 Å². The molecule has 1 N–H and O–H groups in total. The topological polar surface area (TPSA) is 12.0 Å². The van der Waals surface area contributed by atoms with Crippen molar-refractivity contribution in [3.05, 3.63) is 29.8 Å². The quantitative estimate of drug-likeness (QED) is 0.780. The lowest BCUT2D eigenvalue weighted by atomic mass is 10.1. The van der Waals surface area contributed by atoms with Gasteiger partial charge in [-0.2, -0.15) is 0 Å². The van der Waals surface area contributed by atoms with Gasteiger partial charge in [-0.05, 0) is 25.5 Å². The van der Waals surface area contributed by atoms with Crippen LogP contribution in [0.2, 0.25) is 0 Å². The van der Waals surface area contributed by atoms with E-state index in [2.05, 4.69) is 12.2 Å². The van der Waals surface area contributed by atoms with Crippen LogP contribution in [0.1, 0.15) is 33.1 Å². The summed E-state index contributed by atoms with van der Waals surface area (Å²) < 4.78 is 26.5. The fourth-order valence-corrected chi connectivity index (χ4v) is 1.46. The monoisotopic (exact) mass is 213 g/mol. The molecule has 1 aromatic rings. The molecule has 3 heteroatoms. The van der Waals surface area contributed by atoms with Gasteiger partial charge < -0.3 is 5.32 Å². The highest BCUT2D eigenvalue weighted by atomic mass is 19.1. The molecule has 1 aromatic carbocycles. The summed E-state index contributed by atoms with van der Waals surface area (Å²) in [5.74, 6) is -1.06. The van der Waals surface area contributed by atoms with Gasteiger partial charge >= 0.3 is 0 Å². The third-order valence-electron chi connectivity index (χ3n) is 2.34. The SMILES string of the molecule is CCCCC(C)Nc1c(F)cccc1F. The first kappa shape index (κ1) is 12.0. The lowest BCUT2D eigenvalue weighted by Crippen LogP contribution is -2.16. The smallest absolute Gasteiger partial charge is 0.149 e. The Hall–Kier alpha value is -1.12. The second kappa shape index (κ2) is 5.69. The molecule has 0 aromatic heterocycles. The summed E-state index contributed by atoms with van der Waals surface area (Å²) in [5, 5.41) is 2.86. The van der Waals surface area contributed by atoms with E-state index in [4.69, 9.17) is 0 Å². The molecule has 0 aliphatic carbocycles. The molecule has 84 valence electrons. The van der Waals surface area contributed by atoms with Crippen molar-refractivity contribution in [2.45, 2.75) is 39.2 Å². The average molecular weight is 213 g/mol. The Bertz CT molecular complexity index is 292. The van der Waals surface area contributed by atoms with Gasteiger partial charge in [0.15, 0.2) is 0 Å². The molecule has 1 nitrogen and oxygen atoms in total. The predicted molar refractivity (Wildman–Crippen MR) is 59.0 cm³/mol. The number of halogens is 2. The second-order valence-corrected chi connectivity index (χ2v) is 3.78. The molecule has 0 fully saturated rings. The number of para-hydroxylation sites is 1. The van der Waals surface area contributed by atoms with E-state index in [1.165, 1.54) is 18.2 Å². The minimum absolute atomic E-state index is 0.0129. The predicted octanol–water partition coefficient (Wildman–Crippen LogP) is 3.96. The van der Waals surface area contributed by atoms with Gasteiger partial charge in [0, 0.05) is 6.04 Å². The third kappa shape index (κ3) is 3.50. The Morgan fingerprint density at radius 3 is 2.40 bits per heavy atom. The van der Waals surface area contributed by atoms with Crippen molar-refractivity contribution in [2.24, 2.45) is 0 Å². The summed E-state index contributed by atoms with van der Waals surface area (Å²) in [4.78, 5) is 0. The molecule has 0 aliphatic rings. The third-order valence-corrected chi connectivity index (χ3v) is 2.34. The van der Waals surface area contributed by atoms with Crippen LogP contribution in [0.3, 0.4) is 0 Å². The molecular formula is C12H17F2N. The molecule has 0 spiro atoms. The highest BCUT2D eigenvalue weighted by Crippen LogP contribution is 2.19. The first-order chi connectivity index (χ1) is 7.15. The molecule has 0 aliphatic heterocycles. The number of anilines is 1. The van der Waals surface area contributed by atoms with Gasteiger partial charge in [0.2, 0.25) is 0 Å². The van der Waals surface area contributed by atoms with Crippen molar-refractivity contribution in [1.82, 2.24) is 0 Å². The van der Waals surface area contributed by atoms with Crippen LogP contribution in [0.15, 0.2) is 18.2 Å². The van der Waals surface area contributed by atoms with E-state index < -0.39 is 11.6 Å². The number of hydrogen-bond acceptors (Lipinski definition) is 1. The van der Waals surface area contributed by atoms with E-state index in [1.54, 1.807) is 0 Å². The number of nitrogens with one attached hydrogen (secondary N) is 1. The number of rotatable bonds is 5. The van der Waals surface area contributed by atoms with Crippen molar-refractivity contribution >= 4 is 5.69 Å². The molecule has 0 heterocycles. The Labute approximate surface area is 89.5 Å². The Kier molecular flexibility index (Phi) is 4.53. The maximum absolute atomic E-state index is 13.2. The molecule has 0 amide bonds. The summed E-state index contributed by atoms with van der Waals surface area (Å²) in [6.07, 6.45) is 3.07. The highest BCUT2D eigenvalue weighted by molar-refractivity contribution is 5.46. The van der Waals surface area contributed by atoms with Crippen LogP contribution in [0.5, 0.6) is 0 Å². The van der Waals surface area contributed by atoms with E-state index in [1.807, 2.05) is 6.92 Å². The summed E-state index contributed by atoms with van der Waals surface area (Å²) in [6.45, 7) is 4.03. The van der Waals surface area contributed by atoms with Crippen LogP contribution in [0, 0.1) is 11.6 Å². The summed E-state index contributed by atoms with van der Waals surface area (Å²) in [6, 6.07) is 3.99. The molecule has 0 saturated heterocycles. The Morgan fingerprint density at radius 1 is 1.27 bits per heavy atom. The summed E-state index contributed by atoms with van der Waals surface area (Å²) in [7, 11) is 0. The normalized spacial score (nSPS) is 12.5. The van der Waals surface area contributed by atoms with Gasteiger partial charge in [0.1, 0.15) is 17.3 Å². The molecule has 0 saturated carbocycles. The van der Waals surface area contributed by atoms with Gasteiger partial charge in [-0.1, -0.05) is 25.8 Å². The minimum Gasteiger partial charge on any atom is -0.378 e. The van der Waals surface area contributed by atoms with Crippen molar-refractivity contribution < 1.29 is 8.78 Å². The fourth-order valence-electron chi connectivity index (χ4n) is 1.46. The van der Waals surface area contributed by atoms with E-state index in [0.29, 0.717) is 0 Å². The zero-order valence-corrected chi connectivity index (χ0v) is 9.19. The number of benzene rings is 1. The van der Waals surface area contributed by atoms with Gasteiger partial charge in [-0.25, -0.2) is 8.78 Å². The molecule has 15 heavy (non-hydrogen) atoms. The molecule has 0 bridgehead atoms. The van der Waals surface area contributed by atoms with Gasteiger partial charge in [-0.15, -0.1) is 0 Å². The van der Waals surface area contributed by atoms with Crippen molar-refractivity contribution in [1.29, 1.82) is 0 Å². The van der Waals surface area contributed by atoms with E-state index >= 15 is 0 Å². The largest absolute Gasteiger partial charge is 0.378 e. The van der Waals surface area contributed by atoms with Gasteiger partial charge in [-0.3, -0.25) is 0 Å². The van der Waals surface area contributed by atoms with Crippen molar-refractivity contribution in [2.75, 3.05) is 5.32 Å². The molecule has 0 radical (unpaired) electrons. The van der Waals surface area contributed by atoms with Crippen LogP contribution in [0.4, 0.5) is 14.5 Å². The maximum atomic E-state index is 13.2. The summed E-state index contributed by atoms with van der Waals surface area (Å²) in [5.41, 5.74) is -0.0129. The zero-order chi connectivity index (χ0) is 11.3. The van der Waals surface area contributed by atoms with Crippen LogP contribution in [-0.2, 0) is 0 Å². The van der Waals surface area contributed by atoms with E-state index in [-0.39, 0.29) is 11.7 Å². The minimum atomic E-state index is -0.529. The molecule has 1 unspecified atom stereocenters. The number of hydrogen-bond donors (Lipinski definition) is 1. The van der Waals surface area contributed by atoms with Gasteiger partial charge in [0.25, 0.3) is 0 Å². The van der Waals surface area contributed by atoms with Crippen LogP contribution >= 0.6 is 0 Å². The van der Waals surface area contributed by atoms with E-state index in [9.17, 15) is 8.78 Å². The van der Waals surface area contributed by atoms with Crippen molar-refractivity contribution in [3.63, 3.8) is 0 Å². The Balaban J connectivity index is 2.63. The van der Waals surface area contributed by atoms with Crippen LogP contribution in [0.25, 0.3) is 0 Å². The maximum Gasteiger partial charge on any atom is 0.149 e. The van der Waals surface area contributed by atoms with E-state index in [0.717, 1.165) is 19.3 Å². The molecule has 1 rings (SSSR count). The first-order valence-electron chi connectivity index (χ1n) is 5.35. The Morgan fingerprint density at radius 2 is 1.87 bits per heavy atom. The zero-order valence-electron chi connectivity index (χ0n) is 9.19. The molecule has 1 atom stereocenters. The van der Waals surface area contributed by atoms with Gasteiger partial charge in [0.05, 0.1) is 0 Å². The van der Waals surface area contributed by atoms with Crippen LogP contribution < -0.4 is 5.32 Å². The summed E-state index contributed by atoms with van der Waals surface area (Å²) >= 11 is 0.